The summed E-state index contributed by atoms with van der Waals surface area (Å²) >= 11 is 0. The second-order valence-corrected chi connectivity index (χ2v) is 6.26. The highest BCUT2D eigenvalue weighted by molar-refractivity contribution is 8.14. The first kappa shape index (κ1) is 9.81. The lowest BCUT2D eigenvalue weighted by atomic mass is 9.98. The summed E-state index contributed by atoms with van der Waals surface area (Å²) in [6.07, 6.45) is 5.76. The molecule has 1 aliphatic carbocycles. The van der Waals surface area contributed by atoms with Gasteiger partial charge in [-0.15, -0.1) is 0 Å². The van der Waals surface area contributed by atoms with Crippen LogP contribution in [-0.2, 0) is 9.05 Å². The summed E-state index contributed by atoms with van der Waals surface area (Å²) in [6, 6.07) is 0. The van der Waals surface area contributed by atoms with Crippen molar-refractivity contribution in [3.63, 3.8) is 0 Å². The maximum Gasteiger partial charge on any atom is 0.241 e. The lowest BCUT2D eigenvalue weighted by Gasteiger charge is -2.23. The molecule has 1 atom stereocenters. The van der Waals surface area contributed by atoms with Crippen molar-refractivity contribution in [1.29, 1.82) is 0 Å². The molecule has 12 heavy (non-hydrogen) atoms. The van der Waals surface area contributed by atoms with Gasteiger partial charge in [0.05, 0.1) is 0 Å². The fourth-order valence-electron chi connectivity index (χ4n) is 0.988. The summed E-state index contributed by atoms with van der Waals surface area (Å²) in [5.41, 5.74) is 1.08. The van der Waals surface area contributed by atoms with Crippen molar-refractivity contribution in [2.45, 2.75) is 25.0 Å². The molecule has 0 aromatic rings. The Hall–Kier alpha value is -0.280. The van der Waals surface area contributed by atoms with Crippen molar-refractivity contribution < 1.29 is 8.42 Å². The maximum atomic E-state index is 11.1. The molecule has 0 heterocycles. The molecule has 0 aromatic heterocycles. The van der Waals surface area contributed by atoms with Gasteiger partial charge in [-0.3, -0.25) is 0 Å². The SMILES string of the molecule is CC1=CCC(C)(S(=O)(=O)Cl)C=C1. The van der Waals surface area contributed by atoms with Crippen LogP contribution in [0.2, 0.25) is 0 Å². The van der Waals surface area contributed by atoms with E-state index in [-0.39, 0.29) is 0 Å². The van der Waals surface area contributed by atoms with Gasteiger partial charge in [-0.25, -0.2) is 8.42 Å². The highest BCUT2D eigenvalue weighted by Gasteiger charge is 2.35. The van der Waals surface area contributed by atoms with E-state index in [9.17, 15) is 8.42 Å². The number of hydrogen-bond donors (Lipinski definition) is 0. The summed E-state index contributed by atoms with van der Waals surface area (Å²) in [4.78, 5) is 0. The zero-order valence-electron chi connectivity index (χ0n) is 7.04. The maximum absolute atomic E-state index is 11.1. The van der Waals surface area contributed by atoms with Gasteiger partial charge in [0, 0.05) is 10.7 Å². The van der Waals surface area contributed by atoms with E-state index in [1.54, 1.807) is 19.1 Å². The summed E-state index contributed by atoms with van der Waals surface area (Å²) in [5, 5.41) is 0. The minimum absolute atomic E-state index is 0.459. The van der Waals surface area contributed by atoms with Crippen molar-refractivity contribution in [1.82, 2.24) is 0 Å². The fraction of sp³-hybridized carbons (Fsp3) is 0.500. The van der Waals surface area contributed by atoms with Gasteiger partial charge in [-0.1, -0.05) is 23.8 Å². The van der Waals surface area contributed by atoms with Crippen molar-refractivity contribution in [2.24, 2.45) is 0 Å². The lowest BCUT2D eigenvalue weighted by molar-refractivity contribution is 0.577. The first-order chi connectivity index (χ1) is 5.35. The van der Waals surface area contributed by atoms with E-state index in [0.29, 0.717) is 6.42 Å². The third kappa shape index (κ3) is 1.72. The third-order valence-corrected chi connectivity index (χ3v) is 4.56. The second kappa shape index (κ2) is 2.89. The molecule has 0 amide bonds. The van der Waals surface area contributed by atoms with E-state index in [1.807, 2.05) is 13.0 Å². The monoisotopic (exact) mass is 206 g/mol. The van der Waals surface area contributed by atoms with Crippen LogP contribution in [0.25, 0.3) is 0 Å². The molecule has 0 bridgehead atoms. The largest absolute Gasteiger partial charge is 0.241 e. The lowest BCUT2D eigenvalue weighted by Crippen LogP contribution is -2.29. The Balaban J connectivity index is 3.02. The quantitative estimate of drug-likeness (QED) is 0.617. The summed E-state index contributed by atoms with van der Waals surface area (Å²) in [5.74, 6) is 0. The Kier molecular flexibility index (Phi) is 2.36. The molecule has 0 saturated carbocycles. The molecule has 0 radical (unpaired) electrons. The smallest absolute Gasteiger partial charge is 0.211 e. The molecular formula is C8H11ClO2S. The second-order valence-electron chi connectivity index (χ2n) is 3.24. The van der Waals surface area contributed by atoms with Gasteiger partial charge in [0.25, 0.3) is 0 Å². The van der Waals surface area contributed by atoms with E-state index < -0.39 is 13.8 Å². The predicted octanol–water partition coefficient (Wildman–Crippen LogP) is 2.22. The van der Waals surface area contributed by atoms with Crippen molar-refractivity contribution in [2.75, 3.05) is 0 Å². The van der Waals surface area contributed by atoms with Gasteiger partial charge >= 0.3 is 0 Å². The normalized spacial score (nSPS) is 30.1. The van der Waals surface area contributed by atoms with Crippen molar-refractivity contribution in [3.8, 4) is 0 Å². The fourth-order valence-corrected chi connectivity index (χ4v) is 1.84. The van der Waals surface area contributed by atoms with E-state index >= 15 is 0 Å². The van der Waals surface area contributed by atoms with E-state index in [4.69, 9.17) is 10.7 Å². The first-order valence-electron chi connectivity index (χ1n) is 3.65. The van der Waals surface area contributed by atoms with Crippen LogP contribution in [0.4, 0.5) is 0 Å². The van der Waals surface area contributed by atoms with E-state index in [1.165, 1.54) is 0 Å². The average Bonchev–Trinajstić information content (AvgIpc) is 1.93. The molecule has 0 aliphatic heterocycles. The third-order valence-electron chi connectivity index (χ3n) is 2.09. The Bertz CT molecular complexity index is 340. The Morgan fingerprint density at radius 2 is 2.17 bits per heavy atom. The zero-order chi connectivity index (χ0) is 9.41. The van der Waals surface area contributed by atoms with Gasteiger partial charge in [0.1, 0.15) is 4.75 Å². The molecular weight excluding hydrogens is 196 g/mol. The van der Waals surface area contributed by atoms with Crippen LogP contribution in [-0.4, -0.2) is 13.2 Å². The number of allylic oxidation sites excluding steroid dienone is 3. The van der Waals surface area contributed by atoms with Crippen LogP contribution < -0.4 is 0 Å². The summed E-state index contributed by atoms with van der Waals surface area (Å²) < 4.78 is 21.3. The zero-order valence-corrected chi connectivity index (χ0v) is 8.61. The van der Waals surface area contributed by atoms with Gasteiger partial charge in [0.15, 0.2) is 0 Å². The van der Waals surface area contributed by atoms with Crippen molar-refractivity contribution in [3.05, 3.63) is 23.8 Å². The molecule has 0 N–H and O–H groups in total. The molecule has 0 aromatic carbocycles. The van der Waals surface area contributed by atoms with E-state index in [0.717, 1.165) is 5.57 Å². The van der Waals surface area contributed by atoms with Crippen LogP contribution in [0.15, 0.2) is 23.8 Å². The average molecular weight is 207 g/mol. The molecule has 1 unspecified atom stereocenters. The van der Waals surface area contributed by atoms with Crippen LogP contribution in [0.5, 0.6) is 0 Å². The minimum atomic E-state index is -3.51. The minimum Gasteiger partial charge on any atom is -0.211 e. The van der Waals surface area contributed by atoms with Crippen LogP contribution in [0.3, 0.4) is 0 Å². The molecule has 0 fully saturated rings. The standard InChI is InChI=1S/C8H11ClO2S/c1-7-3-5-8(2,6-4-7)12(9,10)11/h3-5H,6H2,1-2H3. The molecule has 0 saturated heterocycles. The van der Waals surface area contributed by atoms with Gasteiger partial charge in [-0.2, -0.15) is 0 Å². The summed E-state index contributed by atoms with van der Waals surface area (Å²) in [6.45, 7) is 3.55. The van der Waals surface area contributed by atoms with Crippen LogP contribution >= 0.6 is 10.7 Å². The summed E-state index contributed by atoms with van der Waals surface area (Å²) in [7, 11) is 1.78. The van der Waals surface area contributed by atoms with E-state index in [2.05, 4.69) is 0 Å². The highest BCUT2D eigenvalue weighted by atomic mass is 35.7. The molecule has 2 nitrogen and oxygen atoms in total. The molecule has 4 heteroatoms. The van der Waals surface area contributed by atoms with Gasteiger partial charge in [-0.05, 0) is 20.3 Å². The Morgan fingerprint density at radius 1 is 1.58 bits per heavy atom. The molecule has 68 valence electrons. The van der Waals surface area contributed by atoms with Crippen LogP contribution in [0, 0.1) is 0 Å². The number of hydrogen-bond acceptors (Lipinski definition) is 2. The topological polar surface area (TPSA) is 34.1 Å². The predicted molar refractivity (Wildman–Crippen MR) is 50.7 cm³/mol. The number of rotatable bonds is 1. The number of halogens is 1. The Labute approximate surface area is 77.3 Å². The highest BCUT2D eigenvalue weighted by Crippen LogP contribution is 2.31. The molecule has 0 spiro atoms. The molecule has 1 rings (SSSR count). The van der Waals surface area contributed by atoms with Crippen molar-refractivity contribution >= 4 is 19.7 Å². The van der Waals surface area contributed by atoms with Gasteiger partial charge < -0.3 is 0 Å². The Morgan fingerprint density at radius 3 is 2.50 bits per heavy atom. The van der Waals surface area contributed by atoms with Gasteiger partial charge in [0.2, 0.25) is 9.05 Å². The molecule has 1 aliphatic rings. The first-order valence-corrected chi connectivity index (χ1v) is 5.96. The van der Waals surface area contributed by atoms with Crippen LogP contribution in [0.1, 0.15) is 20.3 Å².